The molecule has 2 N–H and O–H groups in total. The predicted molar refractivity (Wildman–Crippen MR) is 78.0 cm³/mol. The molecule has 0 aliphatic carbocycles. The van der Waals surface area contributed by atoms with E-state index in [2.05, 4.69) is 11.4 Å². The van der Waals surface area contributed by atoms with E-state index < -0.39 is 0 Å². The topological polar surface area (TPSA) is 56.0 Å². The molecule has 1 saturated heterocycles. The number of benzene rings is 2. The first-order chi connectivity index (χ1) is 10.2. The van der Waals surface area contributed by atoms with E-state index >= 15 is 0 Å². The lowest BCUT2D eigenvalue weighted by Crippen LogP contribution is -2.60. The number of halogens is 1. The summed E-state index contributed by atoms with van der Waals surface area (Å²) in [6.07, 6.45) is 0. The molecular formula is C17H15FN2O. The Morgan fingerprint density at radius 3 is 2.48 bits per heavy atom. The van der Waals surface area contributed by atoms with Crippen molar-refractivity contribution in [2.75, 3.05) is 6.61 Å². The monoisotopic (exact) mass is 282 g/mol. The number of hydrogen-bond donors (Lipinski definition) is 2. The van der Waals surface area contributed by atoms with E-state index in [0.717, 1.165) is 11.1 Å². The van der Waals surface area contributed by atoms with Gasteiger partial charge in [0, 0.05) is 17.5 Å². The summed E-state index contributed by atoms with van der Waals surface area (Å²) in [6.45, 7) is -0.00207. The van der Waals surface area contributed by atoms with Crippen LogP contribution in [-0.4, -0.2) is 23.8 Å². The minimum Gasteiger partial charge on any atom is -0.395 e. The summed E-state index contributed by atoms with van der Waals surface area (Å²) in [5.41, 5.74) is 2.35. The van der Waals surface area contributed by atoms with E-state index in [0.29, 0.717) is 5.56 Å². The van der Waals surface area contributed by atoms with Gasteiger partial charge in [-0.3, -0.25) is 5.32 Å². The first-order valence-electron chi connectivity index (χ1n) is 6.86. The van der Waals surface area contributed by atoms with Crippen LogP contribution in [0, 0.1) is 17.1 Å². The highest BCUT2D eigenvalue weighted by molar-refractivity contribution is 5.64. The molecule has 0 saturated carbocycles. The Kier molecular flexibility index (Phi) is 3.70. The Morgan fingerprint density at radius 2 is 1.86 bits per heavy atom. The summed E-state index contributed by atoms with van der Waals surface area (Å²) in [5, 5.41) is 21.3. The van der Waals surface area contributed by atoms with E-state index in [1.54, 1.807) is 18.2 Å². The minimum absolute atomic E-state index is 0.00207. The number of nitrogens with one attached hydrogen (secondary N) is 1. The number of aliphatic hydroxyl groups is 1. The number of nitriles is 1. The second-order valence-electron chi connectivity index (χ2n) is 5.19. The van der Waals surface area contributed by atoms with Crippen molar-refractivity contribution >= 4 is 0 Å². The molecule has 2 aromatic rings. The maximum Gasteiger partial charge on any atom is 0.131 e. The molecule has 0 radical (unpaired) electrons. The van der Waals surface area contributed by atoms with Crippen LogP contribution in [0.2, 0.25) is 0 Å². The minimum atomic E-state index is -0.276. The van der Waals surface area contributed by atoms with Crippen molar-refractivity contribution < 1.29 is 9.50 Å². The lowest BCUT2D eigenvalue weighted by molar-refractivity contribution is 0.151. The fourth-order valence-corrected chi connectivity index (χ4v) is 2.84. The van der Waals surface area contributed by atoms with Crippen LogP contribution < -0.4 is 5.32 Å². The van der Waals surface area contributed by atoms with Crippen molar-refractivity contribution in [2.45, 2.75) is 18.0 Å². The van der Waals surface area contributed by atoms with Crippen LogP contribution in [0.25, 0.3) is 11.1 Å². The largest absolute Gasteiger partial charge is 0.395 e. The molecule has 4 heteroatoms. The van der Waals surface area contributed by atoms with Gasteiger partial charge in [-0.25, -0.2) is 4.39 Å². The van der Waals surface area contributed by atoms with Crippen LogP contribution in [0.4, 0.5) is 4.39 Å². The molecule has 0 amide bonds. The Bertz CT molecular complexity index is 678. The zero-order valence-corrected chi connectivity index (χ0v) is 11.3. The molecule has 106 valence electrons. The third-order valence-electron chi connectivity index (χ3n) is 4.00. The molecule has 0 bridgehead atoms. The first kappa shape index (κ1) is 13.7. The normalized spacial score (nSPS) is 24.1. The molecule has 1 heterocycles. The molecule has 1 aliphatic heterocycles. The van der Waals surface area contributed by atoms with Gasteiger partial charge in [-0.2, -0.15) is 5.26 Å². The van der Waals surface area contributed by atoms with Gasteiger partial charge in [-0.15, -0.1) is 0 Å². The molecule has 0 unspecified atom stereocenters. The van der Waals surface area contributed by atoms with Crippen LogP contribution in [-0.2, 0) is 0 Å². The Hall–Kier alpha value is -2.22. The van der Waals surface area contributed by atoms with Gasteiger partial charge in [0.1, 0.15) is 11.9 Å². The Labute approximate surface area is 122 Å². The zero-order chi connectivity index (χ0) is 14.8. The number of nitrogens with zero attached hydrogens (tertiary/aromatic N) is 1. The van der Waals surface area contributed by atoms with Crippen molar-refractivity contribution in [2.24, 2.45) is 0 Å². The highest BCUT2D eigenvalue weighted by atomic mass is 19.1. The van der Waals surface area contributed by atoms with Crippen molar-refractivity contribution in [3.63, 3.8) is 0 Å². The molecule has 3 nitrogen and oxygen atoms in total. The van der Waals surface area contributed by atoms with Gasteiger partial charge in [-0.1, -0.05) is 42.5 Å². The molecule has 0 spiro atoms. The molecule has 1 fully saturated rings. The summed E-state index contributed by atoms with van der Waals surface area (Å²) in [4.78, 5) is 0. The van der Waals surface area contributed by atoms with Gasteiger partial charge in [0.25, 0.3) is 0 Å². The quantitative estimate of drug-likeness (QED) is 0.909. The fraction of sp³-hybridized carbons (Fsp3) is 0.235. The summed E-state index contributed by atoms with van der Waals surface area (Å²) >= 11 is 0. The molecule has 21 heavy (non-hydrogen) atoms. The van der Waals surface area contributed by atoms with Crippen LogP contribution in [0.1, 0.15) is 11.5 Å². The average Bonchev–Trinajstić information content (AvgIpc) is 2.49. The molecule has 3 atom stereocenters. The highest BCUT2D eigenvalue weighted by Crippen LogP contribution is 2.33. The molecular weight excluding hydrogens is 267 g/mol. The smallest absolute Gasteiger partial charge is 0.131 e. The summed E-state index contributed by atoms with van der Waals surface area (Å²) in [5.74, 6) is -0.270. The van der Waals surface area contributed by atoms with Gasteiger partial charge in [0.05, 0.1) is 12.7 Å². The number of aliphatic hydroxyl groups excluding tert-OH is 1. The Morgan fingerprint density at radius 1 is 1.14 bits per heavy atom. The van der Waals surface area contributed by atoms with Crippen molar-refractivity contribution in [1.29, 1.82) is 5.26 Å². The Balaban J connectivity index is 1.88. The van der Waals surface area contributed by atoms with Gasteiger partial charge in [-0.05, 0) is 17.2 Å². The van der Waals surface area contributed by atoms with Crippen LogP contribution in [0.15, 0.2) is 48.5 Å². The average molecular weight is 282 g/mol. The summed E-state index contributed by atoms with van der Waals surface area (Å²) in [7, 11) is 0. The predicted octanol–water partition coefficient (Wildman–Crippen LogP) is 2.43. The lowest BCUT2D eigenvalue weighted by atomic mass is 9.78. The van der Waals surface area contributed by atoms with Crippen molar-refractivity contribution in [1.82, 2.24) is 5.32 Å². The molecule has 2 aromatic carbocycles. The van der Waals surface area contributed by atoms with Gasteiger partial charge >= 0.3 is 0 Å². The summed E-state index contributed by atoms with van der Waals surface area (Å²) in [6, 6.07) is 16.0. The second-order valence-corrected chi connectivity index (χ2v) is 5.19. The van der Waals surface area contributed by atoms with E-state index in [1.807, 2.05) is 24.3 Å². The van der Waals surface area contributed by atoms with Crippen molar-refractivity contribution in [3.05, 3.63) is 59.9 Å². The third-order valence-corrected chi connectivity index (χ3v) is 4.00. The standard InChI is InChI=1S/C17H15FN2O/c18-14-4-2-1-3-13(14)11-5-7-12(8-6-11)17-15(9-19)20-16(17)10-21/h1-8,15-17,20-21H,10H2/t15-,16-,17+/m0/s1. The van der Waals surface area contributed by atoms with Crippen LogP contribution in [0.5, 0.6) is 0 Å². The fourth-order valence-electron chi connectivity index (χ4n) is 2.84. The van der Waals surface area contributed by atoms with Crippen LogP contribution >= 0.6 is 0 Å². The van der Waals surface area contributed by atoms with Crippen molar-refractivity contribution in [3.8, 4) is 17.2 Å². The highest BCUT2D eigenvalue weighted by Gasteiger charge is 2.41. The molecule has 3 rings (SSSR count). The van der Waals surface area contributed by atoms with Gasteiger partial charge < -0.3 is 5.11 Å². The van der Waals surface area contributed by atoms with E-state index in [-0.39, 0.29) is 30.4 Å². The molecule has 1 aliphatic rings. The van der Waals surface area contributed by atoms with Crippen LogP contribution in [0.3, 0.4) is 0 Å². The van der Waals surface area contributed by atoms with E-state index in [9.17, 15) is 9.50 Å². The summed E-state index contributed by atoms with van der Waals surface area (Å²) < 4.78 is 13.8. The van der Waals surface area contributed by atoms with Gasteiger partial charge in [0.2, 0.25) is 0 Å². The second kappa shape index (κ2) is 5.65. The maximum atomic E-state index is 13.8. The first-order valence-corrected chi connectivity index (χ1v) is 6.86. The molecule has 0 aromatic heterocycles. The SMILES string of the molecule is N#C[C@@H]1N[C@@H](CO)[C@@H]1c1ccc(-c2ccccc2F)cc1. The number of hydrogen-bond acceptors (Lipinski definition) is 3. The lowest BCUT2D eigenvalue weighted by Gasteiger charge is -2.41. The third kappa shape index (κ3) is 2.42. The van der Waals surface area contributed by atoms with E-state index in [4.69, 9.17) is 5.26 Å². The maximum absolute atomic E-state index is 13.8. The van der Waals surface area contributed by atoms with E-state index in [1.165, 1.54) is 6.07 Å². The zero-order valence-electron chi connectivity index (χ0n) is 11.3. The van der Waals surface area contributed by atoms with Gasteiger partial charge in [0.15, 0.2) is 0 Å². The number of rotatable bonds is 3.